The van der Waals surface area contributed by atoms with Gasteiger partial charge in [0, 0.05) is 18.3 Å². The molecule has 6 nitrogen and oxygen atoms in total. The van der Waals surface area contributed by atoms with E-state index in [0.29, 0.717) is 29.1 Å². The van der Waals surface area contributed by atoms with Crippen molar-refractivity contribution in [2.45, 2.75) is 25.8 Å². The maximum absolute atomic E-state index is 14.3. The number of nitrogens with zero attached hydrogens (tertiary/aromatic N) is 3. The van der Waals surface area contributed by atoms with Crippen molar-refractivity contribution in [3.8, 4) is 0 Å². The molecule has 27 heavy (non-hydrogen) atoms. The molecule has 3 aromatic rings. The van der Waals surface area contributed by atoms with E-state index < -0.39 is 11.8 Å². The summed E-state index contributed by atoms with van der Waals surface area (Å²) >= 11 is 1.55. The Morgan fingerprint density at radius 1 is 1.41 bits per heavy atom. The average molecular weight is 386 g/mol. The summed E-state index contributed by atoms with van der Waals surface area (Å²) in [5, 5.41) is 6.06. The summed E-state index contributed by atoms with van der Waals surface area (Å²) in [4.78, 5) is 23.7. The van der Waals surface area contributed by atoms with E-state index in [1.807, 2.05) is 11.4 Å². The lowest BCUT2D eigenvalue weighted by molar-refractivity contribution is -0.139. The van der Waals surface area contributed by atoms with E-state index in [4.69, 9.17) is 0 Å². The quantitative estimate of drug-likeness (QED) is 0.671. The first-order valence-electron chi connectivity index (χ1n) is 8.69. The maximum Gasteiger partial charge on any atom is 0.310 e. The number of benzene rings is 1. The van der Waals surface area contributed by atoms with Crippen molar-refractivity contribution >= 4 is 45.0 Å². The number of hydrogen-bond donors (Lipinski definition) is 1. The number of aromatic nitrogens is 2. The van der Waals surface area contributed by atoms with Gasteiger partial charge in [-0.25, -0.2) is 9.37 Å². The summed E-state index contributed by atoms with van der Waals surface area (Å²) in [7, 11) is 1.29. The van der Waals surface area contributed by atoms with Crippen molar-refractivity contribution < 1.29 is 13.9 Å². The highest BCUT2D eigenvalue weighted by molar-refractivity contribution is 7.16. The summed E-state index contributed by atoms with van der Waals surface area (Å²) in [5.41, 5.74) is 0.862. The number of rotatable bonds is 5. The van der Waals surface area contributed by atoms with E-state index in [2.05, 4.69) is 31.8 Å². The second-order valence-corrected chi connectivity index (χ2v) is 7.42. The monoisotopic (exact) mass is 386 g/mol. The van der Waals surface area contributed by atoms with Gasteiger partial charge in [0.25, 0.3) is 0 Å². The summed E-state index contributed by atoms with van der Waals surface area (Å²) in [6, 6.07) is 7.05. The summed E-state index contributed by atoms with van der Waals surface area (Å²) in [6.45, 7) is 3.09. The number of nitrogens with one attached hydrogen (secondary N) is 1. The van der Waals surface area contributed by atoms with Crippen LogP contribution >= 0.6 is 11.3 Å². The number of halogens is 1. The van der Waals surface area contributed by atoms with Gasteiger partial charge in [0.2, 0.25) is 5.95 Å². The molecule has 1 N–H and O–H groups in total. The SMILES string of the molecule is COC(=O)Cc1ccc(Nc2nc(N3CC[C@@H]3C)nc3sccc23)cc1F. The van der Waals surface area contributed by atoms with Gasteiger partial charge in [0.05, 0.1) is 18.9 Å². The standard InChI is InChI=1S/C19H19FN4O2S/c1-11-5-7-24(11)19-22-17(14-6-8-27-18(14)23-19)21-13-4-3-12(15(20)10-13)9-16(25)26-2/h3-4,6,8,10-11H,5,7,9H2,1-2H3,(H,21,22,23)/t11-/m0/s1. The molecule has 0 saturated carbocycles. The molecule has 0 unspecified atom stereocenters. The average Bonchev–Trinajstić information content (AvgIpc) is 3.11. The Hall–Kier alpha value is -2.74. The minimum Gasteiger partial charge on any atom is -0.469 e. The molecule has 1 fully saturated rings. The van der Waals surface area contributed by atoms with Gasteiger partial charge in [-0.1, -0.05) is 6.07 Å². The second kappa shape index (κ2) is 7.11. The summed E-state index contributed by atoms with van der Waals surface area (Å²) in [6.07, 6.45) is 1.03. The number of hydrogen-bond acceptors (Lipinski definition) is 7. The van der Waals surface area contributed by atoms with Gasteiger partial charge in [0.15, 0.2) is 0 Å². The molecule has 1 aromatic carbocycles. The molecule has 2 aromatic heterocycles. The van der Waals surface area contributed by atoms with Crippen LogP contribution in [0.4, 0.5) is 21.8 Å². The molecular weight excluding hydrogens is 367 g/mol. The van der Waals surface area contributed by atoms with Crippen molar-refractivity contribution in [3.05, 3.63) is 41.0 Å². The van der Waals surface area contributed by atoms with Crippen LogP contribution in [0.3, 0.4) is 0 Å². The van der Waals surface area contributed by atoms with Crippen LogP contribution in [0.2, 0.25) is 0 Å². The molecule has 0 spiro atoms. The Labute approximate surface area is 160 Å². The largest absolute Gasteiger partial charge is 0.469 e. The van der Waals surface area contributed by atoms with E-state index in [1.165, 1.54) is 13.2 Å². The predicted molar refractivity (Wildman–Crippen MR) is 104 cm³/mol. The molecule has 1 saturated heterocycles. The number of carbonyl (C=O) groups excluding carboxylic acids is 1. The smallest absolute Gasteiger partial charge is 0.310 e. The molecule has 0 bridgehead atoms. The van der Waals surface area contributed by atoms with E-state index >= 15 is 0 Å². The predicted octanol–water partition coefficient (Wildman–Crippen LogP) is 3.89. The minimum atomic E-state index is -0.473. The lowest BCUT2D eigenvalue weighted by atomic mass is 10.1. The number of anilines is 3. The zero-order valence-corrected chi connectivity index (χ0v) is 15.8. The molecule has 1 aliphatic rings. The molecule has 0 amide bonds. The first-order valence-corrected chi connectivity index (χ1v) is 9.57. The minimum absolute atomic E-state index is 0.0953. The number of esters is 1. The van der Waals surface area contributed by atoms with Crippen LogP contribution in [-0.2, 0) is 16.0 Å². The number of fused-ring (bicyclic) bond motifs is 1. The molecule has 3 heterocycles. The van der Waals surface area contributed by atoms with Gasteiger partial charge >= 0.3 is 5.97 Å². The van der Waals surface area contributed by atoms with E-state index in [1.54, 1.807) is 23.5 Å². The second-order valence-electron chi connectivity index (χ2n) is 6.53. The highest BCUT2D eigenvalue weighted by atomic mass is 32.1. The Kier molecular flexibility index (Phi) is 4.65. The molecule has 0 aliphatic carbocycles. The number of ether oxygens (including phenoxy) is 1. The van der Waals surface area contributed by atoms with Crippen molar-refractivity contribution in [2.75, 3.05) is 23.9 Å². The van der Waals surface area contributed by atoms with Crippen molar-refractivity contribution in [1.82, 2.24) is 9.97 Å². The zero-order chi connectivity index (χ0) is 19.0. The molecule has 1 atom stereocenters. The Balaban J connectivity index is 1.64. The fourth-order valence-electron chi connectivity index (χ4n) is 3.01. The van der Waals surface area contributed by atoms with Crippen molar-refractivity contribution in [1.29, 1.82) is 0 Å². The van der Waals surface area contributed by atoms with Crippen LogP contribution in [-0.4, -0.2) is 35.6 Å². The van der Waals surface area contributed by atoms with Gasteiger partial charge in [-0.3, -0.25) is 4.79 Å². The fourth-order valence-corrected chi connectivity index (χ4v) is 3.77. The Morgan fingerprint density at radius 3 is 2.93 bits per heavy atom. The summed E-state index contributed by atoms with van der Waals surface area (Å²) in [5.74, 6) is 0.403. The van der Waals surface area contributed by atoms with Crippen LogP contribution < -0.4 is 10.2 Å². The number of thiophene rings is 1. The maximum atomic E-state index is 14.3. The van der Waals surface area contributed by atoms with Gasteiger partial charge in [-0.2, -0.15) is 4.98 Å². The fraction of sp³-hybridized carbons (Fsp3) is 0.316. The van der Waals surface area contributed by atoms with E-state index in [-0.39, 0.29) is 6.42 Å². The third-order valence-electron chi connectivity index (χ3n) is 4.77. The molecule has 4 rings (SSSR count). The zero-order valence-electron chi connectivity index (χ0n) is 15.0. The lowest BCUT2D eigenvalue weighted by Gasteiger charge is -2.38. The van der Waals surface area contributed by atoms with Crippen LogP contribution in [0.25, 0.3) is 10.2 Å². The number of methoxy groups -OCH3 is 1. The van der Waals surface area contributed by atoms with Crippen molar-refractivity contribution in [2.24, 2.45) is 0 Å². The van der Waals surface area contributed by atoms with E-state index in [0.717, 1.165) is 23.2 Å². The number of carbonyl (C=O) groups is 1. The molecule has 8 heteroatoms. The summed E-state index contributed by atoms with van der Waals surface area (Å²) < 4.78 is 18.9. The topological polar surface area (TPSA) is 67.3 Å². The van der Waals surface area contributed by atoms with Crippen LogP contribution in [0.1, 0.15) is 18.9 Å². The Morgan fingerprint density at radius 2 is 2.26 bits per heavy atom. The van der Waals surface area contributed by atoms with Gasteiger partial charge < -0.3 is 15.0 Å². The van der Waals surface area contributed by atoms with E-state index in [9.17, 15) is 9.18 Å². The molecule has 140 valence electrons. The molecule has 0 radical (unpaired) electrons. The highest BCUT2D eigenvalue weighted by Crippen LogP contribution is 2.32. The van der Waals surface area contributed by atoms with Crippen LogP contribution in [0.5, 0.6) is 0 Å². The Bertz CT molecular complexity index is 1010. The third kappa shape index (κ3) is 3.44. The molecule has 1 aliphatic heterocycles. The van der Waals surface area contributed by atoms with Crippen molar-refractivity contribution in [3.63, 3.8) is 0 Å². The molecular formula is C19H19FN4O2S. The lowest BCUT2D eigenvalue weighted by Crippen LogP contribution is -2.46. The first kappa shape index (κ1) is 17.7. The first-order chi connectivity index (χ1) is 13.0. The third-order valence-corrected chi connectivity index (χ3v) is 5.57. The van der Waals surface area contributed by atoms with Gasteiger partial charge in [-0.15, -0.1) is 11.3 Å². The van der Waals surface area contributed by atoms with Gasteiger partial charge in [0.1, 0.15) is 16.5 Å². The van der Waals surface area contributed by atoms with Crippen LogP contribution in [0.15, 0.2) is 29.6 Å². The normalized spacial score (nSPS) is 16.3. The van der Waals surface area contributed by atoms with Crippen LogP contribution in [0, 0.1) is 5.82 Å². The highest BCUT2D eigenvalue weighted by Gasteiger charge is 2.27. The van der Waals surface area contributed by atoms with Gasteiger partial charge in [-0.05, 0) is 42.5 Å².